The van der Waals surface area contributed by atoms with Crippen molar-refractivity contribution < 1.29 is 31.5 Å². The number of carbonyl (C=O) groups is 1. The normalized spacial score (nSPS) is 22.9. The molecule has 0 aromatic heterocycles. The molecule has 0 heterocycles. The average Bonchev–Trinajstić information content (AvgIpc) is 2.96. The fourth-order valence-corrected chi connectivity index (χ4v) is 2.67. The Bertz CT molecular complexity index is 651. The summed E-state index contributed by atoms with van der Waals surface area (Å²) in [7, 11) is 0. The molecule has 0 saturated heterocycles. The summed E-state index contributed by atoms with van der Waals surface area (Å²) < 4.78 is 70.8. The Morgan fingerprint density at radius 3 is 2.22 bits per heavy atom. The van der Waals surface area contributed by atoms with Gasteiger partial charge in [0, 0.05) is 6.07 Å². The zero-order valence-corrected chi connectivity index (χ0v) is 12.7. The van der Waals surface area contributed by atoms with Crippen LogP contribution in [0.4, 0.5) is 22.0 Å². The Morgan fingerprint density at radius 2 is 1.74 bits per heavy atom. The molecule has 0 N–H and O–H groups in total. The molecule has 2 atom stereocenters. The van der Waals surface area contributed by atoms with Crippen molar-refractivity contribution in [3.8, 4) is 0 Å². The van der Waals surface area contributed by atoms with Gasteiger partial charge in [-0.3, -0.25) is 4.79 Å². The molecule has 1 fully saturated rings. The van der Waals surface area contributed by atoms with E-state index < -0.39 is 64.5 Å². The van der Waals surface area contributed by atoms with E-state index in [0.29, 0.717) is 0 Å². The molecule has 0 bridgehead atoms. The predicted octanol–water partition coefficient (Wildman–Crippen LogP) is 4.43. The van der Waals surface area contributed by atoms with Crippen LogP contribution in [0.5, 0.6) is 0 Å². The third-order valence-corrected chi connectivity index (χ3v) is 4.14. The summed E-state index contributed by atoms with van der Waals surface area (Å²) in [5.74, 6) is -8.71. The van der Waals surface area contributed by atoms with Gasteiger partial charge in [-0.2, -0.15) is 0 Å². The summed E-state index contributed by atoms with van der Waals surface area (Å²) in [6, 6.07) is 0.0742. The first-order valence-electron chi connectivity index (χ1n) is 6.89. The molecule has 0 aliphatic heterocycles. The molecule has 1 aliphatic rings. The minimum atomic E-state index is -1.61. The number of benzene rings is 1. The number of ether oxygens (including phenoxy) is 1. The average molecular weight is 334 g/mol. The van der Waals surface area contributed by atoms with Crippen LogP contribution in [0.2, 0.25) is 0 Å². The van der Waals surface area contributed by atoms with Gasteiger partial charge in [-0.15, -0.1) is 0 Å². The third-order valence-electron chi connectivity index (χ3n) is 4.14. The first-order chi connectivity index (χ1) is 10.6. The van der Waals surface area contributed by atoms with E-state index >= 15 is 0 Å². The van der Waals surface area contributed by atoms with Crippen LogP contribution in [0.15, 0.2) is 18.0 Å². The Balaban J connectivity index is 2.11. The van der Waals surface area contributed by atoms with Crippen LogP contribution < -0.4 is 0 Å². The van der Waals surface area contributed by atoms with Crippen LogP contribution in [-0.4, -0.2) is 5.97 Å². The van der Waals surface area contributed by atoms with E-state index in [-0.39, 0.29) is 6.07 Å². The van der Waals surface area contributed by atoms with Crippen molar-refractivity contribution in [1.82, 2.24) is 0 Å². The maximum absolute atomic E-state index is 13.5. The van der Waals surface area contributed by atoms with Gasteiger partial charge in [0.05, 0.1) is 17.3 Å². The molecule has 2 nitrogen and oxygen atoms in total. The summed E-state index contributed by atoms with van der Waals surface area (Å²) in [6.07, 6.45) is 1.27. The summed E-state index contributed by atoms with van der Waals surface area (Å²) in [5.41, 5.74) is -1.56. The van der Waals surface area contributed by atoms with E-state index in [2.05, 4.69) is 0 Å². The highest BCUT2D eigenvalue weighted by atomic mass is 19.2. The second-order valence-electron chi connectivity index (χ2n) is 6.13. The van der Waals surface area contributed by atoms with Gasteiger partial charge in [0.1, 0.15) is 6.61 Å². The van der Waals surface area contributed by atoms with Crippen molar-refractivity contribution in [2.75, 3.05) is 0 Å². The highest BCUT2D eigenvalue weighted by Gasteiger charge is 2.61. The molecule has 126 valence electrons. The van der Waals surface area contributed by atoms with Gasteiger partial charge < -0.3 is 4.74 Å². The molecule has 0 amide bonds. The molecular weight excluding hydrogens is 319 g/mol. The van der Waals surface area contributed by atoms with Gasteiger partial charge >= 0.3 is 5.97 Å². The second-order valence-corrected chi connectivity index (χ2v) is 6.13. The van der Waals surface area contributed by atoms with Crippen LogP contribution in [0.25, 0.3) is 0 Å². The van der Waals surface area contributed by atoms with E-state index in [4.69, 9.17) is 4.74 Å². The van der Waals surface area contributed by atoms with Crippen LogP contribution in [0.3, 0.4) is 0 Å². The van der Waals surface area contributed by atoms with E-state index in [0.717, 1.165) is 0 Å². The monoisotopic (exact) mass is 334 g/mol. The Labute approximate surface area is 129 Å². The van der Waals surface area contributed by atoms with Gasteiger partial charge in [-0.25, -0.2) is 22.0 Å². The molecule has 1 aromatic rings. The fourth-order valence-electron chi connectivity index (χ4n) is 2.67. The lowest BCUT2D eigenvalue weighted by Crippen LogP contribution is -2.13. The number of esters is 1. The van der Waals surface area contributed by atoms with Gasteiger partial charge in [0.25, 0.3) is 0 Å². The lowest BCUT2D eigenvalue weighted by Gasteiger charge is -2.09. The second kappa shape index (κ2) is 5.94. The van der Waals surface area contributed by atoms with E-state index in [9.17, 15) is 26.7 Å². The van der Waals surface area contributed by atoms with Crippen LogP contribution in [0.1, 0.15) is 26.3 Å². The van der Waals surface area contributed by atoms with E-state index in [1.165, 1.54) is 13.0 Å². The van der Waals surface area contributed by atoms with Crippen molar-refractivity contribution >= 4 is 5.97 Å². The van der Waals surface area contributed by atoms with E-state index in [1.54, 1.807) is 13.8 Å². The molecular formula is C16H15F5O2. The molecule has 1 aromatic carbocycles. The minimum Gasteiger partial charge on any atom is -0.460 e. The molecule has 23 heavy (non-hydrogen) atoms. The molecule has 2 rings (SSSR count). The van der Waals surface area contributed by atoms with Crippen LogP contribution in [0, 0.1) is 40.5 Å². The highest BCUT2D eigenvalue weighted by Crippen LogP contribution is 2.59. The molecule has 7 heteroatoms. The van der Waals surface area contributed by atoms with Gasteiger partial charge in [0.2, 0.25) is 0 Å². The molecule has 0 radical (unpaired) electrons. The first-order valence-corrected chi connectivity index (χ1v) is 6.89. The van der Waals surface area contributed by atoms with Gasteiger partial charge in [-0.1, -0.05) is 13.8 Å². The number of halogens is 5. The summed E-state index contributed by atoms with van der Waals surface area (Å²) in [4.78, 5) is 12.0. The quantitative estimate of drug-likeness (QED) is 0.462. The number of carbonyl (C=O) groups excluding carboxylic acids is 1. The van der Waals surface area contributed by atoms with Crippen molar-refractivity contribution in [3.63, 3.8) is 0 Å². The number of hydrogen-bond acceptors (Lipinski definition) is 2. The lowest BCUT2D eigenvalue weighted by molar-refractivity contribution is -0.147. The Morgan fingerprint density at radius 1 is 1.22 bits per heavy atom. The largest absolute Gasteiger partial charge is 0.460 e. The van der Waals surface area contributed by atoms with Crippen molar-refractivity contribution in [1.29, 1.82) is 0 Å². The van der Waals surface area contributed by atoms with Crippen molar-refractivity contribution in [2.24, 2.45) is 17.3 Å². The third kappa shape index (κ3) is 3.23. The lowest BCUT2D eigenvalue weighted by atomic mass is 10.1. The predicted molar refractivity (Wildman–Crippen MR) is 71.7 cm³/mol. The summed E-state index contributed by atoms with van der Waals surface area (Å²) in [5, 5.41) is 0. The zero-order valence-electron chi connectivity index (χ0n) is 12.7. The highest BCUT2D eigenvalue weighted by molar-refractivity contribution is 5.78. The molecule has 1 saturated carbocycles. The SMILES string of the molecule is C/C(F)=C\[C@@H]1[C@@H](C(=O)OCc2c(F)c(F)cc(F)c2F)C1(C)C. The molecule has 1 aliphatic carbocycles. The minimum absolute atomic E-state index is 0.0742. The zero-order chi connectivity index (χ0) is 17.5. The summed E-state index contributed by atoms with van der Waals surface area (Å²) >= 11 is 0. The maximum atomic E-state index is 13.5. The van der Waals surface area contributed by atoms with Crippen molar-refractivity contribution in [3.05, 3.63) is 46.8 Å². The molecule has 0 spiro atoms. The smallest absolute Gasteiger partial charge is 0.310 e. The van der Waals surface area contributed by atoms with Crippen LogP contribution in [-0.2, 0) is 16.1 Å². The van der Waals surface area contributed by atoms with Gasteiger partial charge in [0.15, 0.2) is 23.3 Å². The topological polar surface area (TPSA) is 26.3 Å². The van der Waals surface area contributed by atoms with Crippen molar-refractivity contribution in [2.45, 2.75) is 27.4 Å². The number of allylic oxidation sites excluding steroid dienone is 2. The standard InChI is InChI=1S/C16H15F5O2/c1-7(17)4-9-12(16(9,2)3)15(22)23-6-8-13(20)10(18)5-11(19)14(8)21/h4-5,9,12H,6H2,1-3H3/b7-4+/t9-,12+/m1/s1. The Kier molecular flexibility index (Phi) is 4.50. The Hall–Kier alpha value is -1.92. The number of rotatable bonds is 4. The number of hydrogen-bond donors (Lipinski definition) is 0. The maximum Gasteiger partial charge on any atom is 0.310 e. The van der Waals surface area contributed by atoms with E-state index in [1.807, 2.05) is 0 Å². The summed E-state index contributed by atoms with van der Waals surface area (Å²) in [6.45, 7) is 3.72. The fraction of sp³-hybridized carbons (Fsp3) is 0.438. The first kappa shape index (κ1) is 17.4. The van der Waals surface area contributed by atoms with Crippen LogP contribution >= 0.6 is 0 Å². The molecule has 0 unspecified atom stereocenters. The van der Waals surface area contributed by atoms with Gasteiger partial charge in [-0.05, 0) is 24.3 Å².